The molecule has 3 nitrogen and oxygen atoms in total. The summed E-state index contributed by atoms with van der Waals surface area (Å²) < 4.78 is 5.64. The van der Waals surface area contributed by atoms with Gasteiger partial charge in [-0.05, 0) is 56.1 Å². The molecule has 1 N–H and O–H groups in total. The van der Waals surface area contributed by atoms with Crippen LogP contribution in [0.15, 0.2) is 12.1 Å². The van der Waals surface area contributed by atoms with Crippen LogP contribution in [-0.4, -0.2) is 24.7 Å². The number of aromatic nitrogens is 1. The van der Waals surface area contributed by atoms with Crippen LogP contribution in [0.1, 0.15) is 50.8 Å². The maximum atomic E-state index is 5.64. The molecule has 0 aliphatic carbocycles. The van der Waals surface area contributed by atoms with E-state index in [1.54, 1.807) is 0 Å². The van der Waals surface area contributed by atoms with E-state index < -0.39 is 0 Å². The topological polar surface area (TPSA) is 34.1 Å². The number of aryl methyl sites for hydroxylation is 2. The molecule has 0 spiro atoms. The van der Waals surface area contributed by atoms with E-state index in [-0.39, 0.29) is 0 Å². The smallest absolute Gasteiger partial charge is 0.129 e. The predicted molar refractivity (Wildman–Crippen MR) is 84.3 cm³/mol. The number of nitrogens with one attached hydrogen (secondary N) is 1. The molecule has 1 aliphatic rings. The Balaban J connectivity index is 1.62. The lowest BCUT2D eigenvalue weighted by molar-refractivity contribution is 0.120. The minimum atomic E-state index is 0.738. The zero-order valence-corrected chi connectivity index (χ0v) is 13.0. The van der Waals surface area contributed by atoms with Gasteiger partial charge in [0.1, 0.15) is 5.82 Å². The fourth-order valence-corrected chi connectivity index (χ4v) is 2.44. The maximum absolute atomic E-state index is 5.64. The summed E-state index contributed by atoms with van der Waals surface area (Å²) in [5.41, 5.74) is 2.58. The van der Waals surface area contributed by atoms with Crippen molar-refractivity contribution in [3.8, 4) is 0 Å². The first-order valence-electron chi connectivity index (χ1n) is 8.06. The fraction of sp³-hybridized carbons (Fsp3) is 0.706. The molecule has 0 unspecified atom stereocenters. The molecule has 0 atom stereocenters. The zero-order valence-electron chi connectivity index (χ0n) is 13.0. The average molecular weight is 276 g/mol. The van der Waals surface area contributed by atoms with Gasteiger partial charge in [0.25, 0.3) is 0 Å². The molecule has 112 valence electrons. The van der Waals surface area contributed by atoms with Crippen LogP contribution < -0.4 is 5.32 Å². The largest absolute Gasteiger partial charge is 0.381 e. The SMILES string of the molecule is CC(C)CCOCCCCc1ccc2c(n1)NCCC2. The van der Waals surface area contributed by atoms with Crippen LogP contribution >= 0.6 is 0 Å². The average Bonchev–Trinajstić information content (AvgIpc) is 2.46. The van der Waals surface area contributed by atoms with E-state index in [1.807, 2.05) is 0 Å². The van der Waals surface area contributed by atoms with E-state index in [0.717, 1.165) is 57.2 Å². The normalized spacial score (nSPS) is 14.2. The lowest BCUT2D eigenvalue weighted by Gasteiger charge is -2.17. The van der Waals surface area contributed by atoms with Gasteiger partial charge in [-0.15, -0.1) is 0 Å². The van der Waals surface area contributed by atoms with Crippen molar-refractivity contribution in [3.05, 3.63) is 23.4 Å². The van der Waals surface area contributed by atoms with Crippen molar-refractivity contribution in [2.24, 2.45) is 5.92 Å². The summed E-state index contributed by atoms with van der Waals surface area (Å²) in [5.74, 6) is 1.85. The molecule has 0 bridgehead atoms. The quantitative estimate of drug-likeness (QED) is 0.733. The number of hydrogen-bond donors (Lipinski definition) is 1. The van der Waals surface area contributed by atoms with Crippen molar-refractivity contribution in [1.29, 1.82) is 0 Å². The molecule has 0 fully saturated rings. The van der Waals surface area contributed by atoms with Gasteiger partial charge in [0.15, 0.2) is 0 Å². The Labute approximate surface area is 123 Å². The van der Waals surface area contributed by atoms with Gasteiger partial charge < -0.3 is 10.1 Å². The van der Waals surface area contributed by atoms with Crippen molar-refractivity contribution >= 4 is 5.82 Å². The third-order valence-corrected chi connectivity index (χ3v) is 3.76. The summed E-state index contributed by atoms with van der Waals surface area (Å²) in [6.45, 7) is 7.32. The van der Waals surface area contributed by atoms with E-state index in [9.17, 15) is 0 Å². The van der Waals surface area contributed by atoms with Crippen LogP contribution in [0.3, 0.4) is 0 Å². The second kappa shape index (κ2) is 8.25. The number of nitrogens with zero attached hydrogens (tertiary/aromatic N) is 1. The fourth-order valence-electron chi connectivity index (χ4n) is 2.44. The van der Waals surface area contributed by atoms with Gasteiger partial charge in [0.2, 0.25) is 0 Å². The Bertz CT molecular complexity index is 404. The Morgan fingerprint density at radius 3 is 3.00 bits per heavy atom. The zero-order chi connectivity index (χ0) is 14.2. The van der Waals surface area contributed by atoms with E-state index in [0.29, 0.717) is 0 Å². The second-order valence-corrected chi connectivity index (χ2v) is 6.09. The van der Waals surface area contributed by atoms with E-state index in [1.165, 1.54) is 24.1 Å². The highest BCUT2D eigenvalue weighted by Gasteiger charge is 2.09. The number of hydrogen-bond acceptors (Lipinski definition) is 3. The van der Waals surface area contributed by atoms with E-state index in [2.05, 4.69) is 31.3 Å². The van der Waals surface area contributed by atoms with Gasteiger partial charge in [-0.2, -0.15) is 0 Å². The summed E-state index contributed by atoms with van der Waals surface area (Å²) >= 11 is 0. The van der Waals surface area contributed by atoms with Crippen LogP contribution in [0.2, 0.25) is 0 Å². The minimum Gasteiger partial charge on any atom is -0.381 e. The highest BCUT2D eigenvalue weighted by molar-refractivity contribution is 5.46. The molecule has 20 heavy (non-hydrogen) atoms. The highest BCUT2D eigenvalue weighted by Crippen LogP contribution is 2.20. The lowest BCUT2D eigenvalue weighted by atomic mass is 10.1. The first-order valence-corrected chi connectivity index (χ1v) is 8.06. The molecule has 0 radical (unpaired) electrons. The van der Waals surface area contributed by atoms with Crippen molar-refractivity contribution in [1.82, 2.24) is 4.98 Å². The summed E-state index contributed by atoms with van der Waals surface area (Å²) in [6.07, 6.45) is 6.90. The lowest BCUT2D eigenvalue weighted by Crippen LogP contribution is -2.14. The van der Waals surface area contributed by atoms with E-state index in [4.69, 9.17) is 9.72 Å². The van der Waals surface area contributed by atoms with Gasteiger partial charge in [0, 0.05) is 25.5 Å². The van der Waals surface area contributed by atoms with Crippen molar-refractivity contribution < 1.29 is 4.74 Å². The Morgan fingerprint density at radius 2 is 2.15 bits per heavy atom. The summed E-state index contributed by atoms with van der Waals surface area (Å²) in [5, 5.41) is 3.40. The number of fused-ring (bicyclic) bond motifs is 1. The number of unbranched alkanes of at least 4 members (excludes halogenated alkanes) is 1. The number of pyridine rings is 1. The first kappa shape index (κ1) is 15.3. The molecule has 2 rings (SSSR count). The molecule has 0 amide bonds. The molecule has 0 saturated carbocycles. The molecule has 1 aromatic heterocycles. The second-order valence-electron chi connectivity index (χ2n) is 6.09. The Kier molecular flexibility index (Phi) is 6.31. The molecule has 2 heterocycles. The van der Waals surface area contributed by atoms with Crippen LogP contribution in [0, 0.1) is 5.92 Å². The van der Waals surface area contributed by atoms with Gasteiger partial charge in [-0.3, -0.25) is 0 Å². The van der Waals surface area contributed by atoms with Crippen LogP contribution in [-0.2, 0) is 17.6 Å². The van der Waals surface area contributed by atoms with Crippen molar-refractivity contribution in [3.63, 3.8) is 0 Å². The monoisotopic (exact) mass is 276 g/mol. The Morgan fingerprint density at radius 1 is 1.25 bits per heavy atom. The number of ether oxygens (including phenoxy) is 1. The van der Waals surface area contributed by atoms with Crippen molar-refractivity contribution in [2.75, 3.05) is 25.1 Å². The van der Waals surface area contributed by atoms with Crippen LogP contribution in [0.4, 0.5) is 5.82 Å². The molecular weight excluding hydrogens is 248 g/mol. The van der Waals surface area contributed by atoms with E-state index >= 15 is 0 Å². The Hall–Kier alpha value is -1.09. The third-order valence-electron chi connectivity index (χ3n) is 3.76. The van der Waals surface area contributed by atoms with Gasteiger partial charge in [-0.25, -0.2) is 4.98 Å². The maximum Gasteiger partial charge on any atom is 0.129 e. The van der Waals surface area contributed by atoms with Gasteiger partial charge in [-0.1, -0.05) is 19.9 Å². The van der Waals surface area contributed by atoms with Crippen molar-refractivity contribution in [2.45, 2.75) is 52.4 Å². The summed E-state index contributed by atoms with van der Waals surface area (Å²) in [6, 6.07) is 4.43. The first-order chi connectivity index (χ1) is 9.75. The van der Waals surface area contributed by atoms with Crippen LogP contribution in [0.5, 0.6) is 0 Å². The molecule has 1 aromatic rings. The molecule has 0 saturated heterocycles. The number of rotatable bonds is 8. The molecule has 3 heteroatoms. The summed E-state index contributed by atoms with van der Waals surface area (Å²) in [4.78, 5) is 4.72. The number of anilines is 1. The minimum absolute atomic E-state index is 0.738. The molecule has 0 aromatic carbocycles. The van der Waals surface area contributed by atoms with Gasteiger partial charge in [0.05, 0.1) is 0 Å². The highest BCUT2D eigenvalue weighted by atomic mass is 16.5. The van der Waals surface area contributed by atoms with Crippen LogP contribution in [0.25, 0.3) is 0 Å². The standard InChI is InChI=1S/C17H28N2O/c1-14(2)10-13-20-12-4-3-7-16-9-8-15-6-5-11-18-17(15)19-16/h8-9,14H,3-7,10-13H2,1-2H3,(H,18,19). The summed E-state index contributed by atoms with van der Waals surface area (Å²) in [7, 11) is 0. The predicted octanol–water partition coefficient (Wildman–Crippen LogP) is 3.83. The molecule has 1 aliphatic heterocycles. The third kappa shape index (κ3) is 5.12. The molecular formula is C17H28N2O. The van der Waals surface area contributed by atoms with Gasteiger partial charge >= 0.3 is 0 Å².